The lowest BCUT2D eigenvalue weighted by molar-refractivity contribution is 0.203. The molecule has 0 atom stereocenters. The van der Waals surface area contributed by atoms with Gasteiger partial charge < -0.3 is 0 Å². The maximum Gasteiger partial charge on any atom is 0.130 e. The molecular formula is C19H20ClN5. The molecule has 0 radical (unpaired) electrons. The fourth-order valence-electron chi connectivity index (χ4n) is 3.18. The van der Waals surface area contributed by atoms with Gasteiger partial charge in [-0.25, -0.2) is 0 Å². The molecule has 6 heteroatoms. The minimum Gasteiger partial charge on any atom is -0.290 e. The molecule has 0 spiro atoms. The maximum absolute atomic E-state index is 6.67. The highest BCUT2D eigenvalue weighted by atomic mass is 35.5. The highest BCUT2D eigenvalue weighted by molar-refractivity contribution is 6.33. The average molecular weight is 354 g/mol. The van der Waals surface area contributed by atoms with E-state index < -0.39 is 0 Å². The van der Waals surface area contributed by atoms with Gasteiger partial charge in [-0.2, -0.15) is 5.10 Å². The van der Waals surface area contributed by atoms with Gasteiger partial charge in [-0.3, -0.25) is 19.5 Å². The highest BCUT2D eigenvalue weighted by Gasteiger charge is 2.25. The molecule has 0 unspecified atom stereocenters. The molecule has 0 bridgehead atoms. The van der Waals surface area contributed by atoms with Gasteiger partial charge in [-0.1, -0.05) is 23.7 Å². The summed E-state index contributed by atoms with van der Waals surface area (Å²) >= 11 is 6.67. The summed E-state index contributed by atoms with van der Waals surface area (Å²) in [5.41, 5.74) is 6.04. The van der Waals surface area contributed by atoms with Gasteiger partial charge in [0.25, 0.3) is 0 Å². The lowest BCUT2D eigenvalue weighted by Gasteiger charge is -2.27. The molecule has 0 N–H and O–H groups in total. The fourth-order valence-corrected chi connectivity index (χ4v) is 3.46. The first-order valence-corrected chi connectivity index (χ1v) is 8.80. The van der Waals surface area contributed by atoms with Gasteiger partial charge in [0.15, 0.2) is 0 Å². The van der Waals surface area contributed by atoms with Gasteiger partial charge in [0.1, 0.15) is 5.69 Å². The van der Waals surface area contributed by atoms with Crippen molar-refractivity contribution in [3.05, 3.63) is 64.2 Å². The first-order valence-electron chi connectivity index (χ1n) is 8.43. The number of aromatic nitrogens is 4. The first kappa shape index (κ1) is 16.2. The third kappa shape index (κ3) is 3.17. The predicted molar refractivity (Wildman–Crippen MR) is 98.3 cm³/mol. The fraction of sp³-hybridized carbons (Fsp3) is 0.316. The molecule has 1 aliphatic heterocycles. The van der Waals surface area contributed by atoms with Crippen LogP contribution in [0.25, 0.3) is 11.4 Å². The van der Waals surface area contributed by atoms with E-state index in [0.29, 0.717) is 5.02 Å². The molecule has 4 rings (SSSR count). The molecule has 0 aliphatic carbocycles. The zero-order chi connectivity index (χ0) is 17.4. The number of hydrogen-bond donors (Lipinski definition) is 0. The Labute approximate surface area is 152 Å². The summed E-state index contributed by atoms with van der Waals surface area (Å²) in [6, 6.07) is 8.16. The minimum atomic E-state index is 0.711. The summed E-state index contributed by atoms with van der Waals surface area (Å²) in [4.78, 5) is 11.3. The van der Waals surface area contributed by atoms with Gasteiger partial charge in [-0.15, -0.1) is 0 Å². The Bertz CT molecular complexity index is 901. The number of pyridine rings is 2. The number of rotatable bonds is 3. The van der Waals surface area contributed by atoms with Crippen molar-refractivity contribution in [3.8, 4) is 11.4 Å². The second-order valence-corrected chi connectivity index (χ2v) is 6.92. The third-order valence-electron chi connectivity index (χ3n) is 4.59. The van der Waals surface area contributed by atoms with E-state index in [2.05, 4.69) is 33.9 Å². The Kier molecular flexibility index (Phi) is 4.27. The number of hydrogen-bond acceptors (Lipinski definition) is 4. The van der Waals surface area contributed by atoms with Crippen molar-refractivity contribution in [2.24, 2.45) is 0 Å². The standard InChI is InChI=1S/C19H20ClN5/c1-13-5-6-15(22-10-13)11-24-8-9-25-16(12-24)17(20)19(23-25)18-14(2)4-3-7-21-18/h3-7,10H,8-9,11-12H2,1-2H3. The molecule has 128 valence electrons. The van der Waals surface area contributed by atoms with E-state index in [-0.39, 0.29) is 0 Å². The molecule has 3 aromatic rings. The molecule has 3 aromatic heterocycles. The smallest absolute Gasteiger partial charge is 0.130 e. The van der Waals surface area contributed by atoms with Gasteiger partial charge in [0, 0.05) is 32.0 Å². The molecule has 5 nitrogen and oxygen atoms in total. The minimum absolute atomic E-state index is 0.711. The largest absolute Gasteiger partial charge is 0.290 e. The second kappa shape index (κ2) is 6.58. The molecule has 25 heavy (non-hydrogen) atoms. The molecule has 0 aromatic carbocycles. The van der Waals surface area contributed by atoms with Crippen molar-refractivity contribution in [2.45, 2.75) is 33.5 Å². The third-order valence-corrected chi connectivity index (χ3v) is 4.98. The van der Waals surface area contributed by atoms with Crippen LogP contribution < -0.4 is 0 Å². The van der Waals surface area contributed by atoms with E-state index >= 15 is 0 Å². The lowest BCUT2D eigenvalue weighted by atomic mass is 10.1. The topological polar surface area (TPSA) is 46.8 Å². The van der Waals surface area contributed by atoms with Crippen molar-refractivity contribution < 1.29 is 0 Å². The van der Waals surface area contributed by atoms with Crippen LogP contribution >= 0.6 is 11.6 Å². The Morgan fingerprint density at radius 3 is 2.72 bits per heavy atom. The van der Waals surface area contributed by atoms with Crippen LogP contribution in [0.5, 0.6) is 0 Å². The van der Waals surface area contributed by atoms with E-state index in [9.17, 15) is 0 Å². The lowest BCUT2D eigenvalue weighted by Crippen LogP contribution is -2.33. The average Bonchev–Trinajstić information content (AvgIpc) is 2.94. The van der Waals surface area contributed by atoms with E-state index in [0.717, 1.165) is 54.5 Å². The Balaban J connectivity index is 1.59. The summed E-state index contributed by atoms with van der Waals surface area (Å²) in [5, 5.41) is 5.43. The number of fused-ring (bicyclic) bond motifs is 1. The predicted octanol–water partition coefficient (Wildman–Crippen LogP) is 3.63. The van der Waals surface area contributed by atoms with Gasteiger partial charge in [0.2, 0.25) is 0 Å². The van der Waals surface area contributed by atoms with Crippen molar-refractivity contribution in [2.75, 3.05) is 6.54 Å². The van der Waals surface area contributed by atoms with Crippen molar-refractivity contribution in [1.82, 2.24) is 24.6 Å². The Morgan fingerprint density at radius 2 is 1.96 bits per heavy atom. The zero-order valence-electron chi connectivity index (χ0n) is 14.4. The molecule has 0 saturated heterocycles. The van der Waals surface area contributed by atoms with Gasteiger partial charge in [0.05, 0.1) is 28.6 Å². The molecule has 0 fully saturated rings. The van der Waals surface area contributed by atoms with Gasteiger partial charge >= 0.3 is 0 Å². The van der Waals surface area contributed by atoms with E-state index in [4.69, 9.17) is 16.7 Å². The van der Waals surface area contributed by atoms with E-state index in [1.807, 2.05) is 29.9 Å². The molecule has 0 amide bonds. The van der Waals surface area contributed by atoms with Crippen molar-refractivity contribution in [3.63, 3.8) is 0 Å². The SMILES string of the molecule is Cc1ccc(CN2CCn3nc(-c4ncccc4C)c(Cl)c3C2)nc1. The summed E-state index contributed by atoms with van der Waals surface area (Å²) in [7, 11) is 0. The van der Waals surface area contributed by atoms with Crippen molar-refractivity contribution >= 4 is 11.6 Å². The van der Waals surface area contributed by atoms with E-state index in [1.165, 1.54) is 5.56 Å². The van der Waals surface area contributed by atoms with Crippen LogP contribution in [0.4, 0.5) is 0 Å². The molecule has 0 saturated carbocycles. The first-order chi connectivity index (χ1) is 12.1. The van der Waals surface area contributed by atoms with Crippen LogP contribution in [0.1, 0.15) is 22.5 Å². The molecule has 4 heterocycles. The monoisotopic (exact) mass is 353 g/mol. The van der Waals surface area contributed by atoms with Gasteiger partial charge in [-0.05, 0) is 37.1 Å². The highest BCUT2D eigenvalue weighted by Crippen LogP contribution is 2.32. The summed E-state index contributed by atoms with van der Waals surface area (Å²) in [5.74, 6) is 0. The van der Waals surface area contributed by atoms with Crippen LogP contribution in [0.15, 0.2) is 36.7 Å². The Morgan fingerprint density at radius 1 is 1.08 bits per heavy atom. The normalized spacial score (nSPS) is 14.5. The van der Waals surface area contributed by atoms with Crippen molar-refractivity contribution in [1.29, 1.82) is 0 Å². The Hall–Kier alpha value is -2.24. The van der Waals surface area contributed by atoms with Crippen LogP contribution in [-0.4, -0.2) is 31.2 Å². The van der Waals surface area contributed by atoms with Crippen LogP contribution in [0, 0.1) is 13.8 Å². The number of nitrogens with zero attached hydrogens (tertiary/aromatic N) is 5. The van der Waals surface area contributed by atoms with Crippen LogP contribution in [0.2, 0.25) is 5.02 Å². The number of aryl methyl sites for hydroxylation is 2. The number of halogens is 1. The van der Waals surface area contributed by atoms with Crippen LogP contribution in [-0.2, 0) is 19.6 Å². The summed E-state index contributed by atoms with van der Waals surface area (Å²) in [6.07, 6.45) is 3.70. The quantitative estimate of drug-likeness (QED) is 0.721. The summed E-state index contributed by atoms with van der Waals surface area (Å²) < 4.78 is 2.02. The maximum atomic E-state index is 6.67. The second-order valence-electron chi connectivity index (χ2n) is 6.54. The molecular weight excluding hydrogens is 334 g/mol. The van der Waals surface area contributed by atoms with E-state index in [1.54, 1.807) is 6.20 Å². The molecule has 1 aliphatic rings. The van der Waals surface area contributed by atoms with Crippen LogP contribution in [0.3, 0.4) is 0 Å². The summed E-state index contributed by atoms with van der Waals surface area (Å²) in [6.45, 7) is 7.44. The zero-order valence-corrected chi connectivity index (χ0v) is 15.2.